The molecule has 0 aliphatic carbocycles. The van der Waals surface area contributed by atoms with Crippen molar-refractivity contribution < 1.29 is 3.18 Å². The zero-order valence-electron chi connectivity index (χ0n) is 7.50. The molecule has 1 fully saturated rings. The van der Waals surface area contributed by atoms with Crippen LogP contribution in [0.3, 0.4) is 0 Å². The minimum atomic E-state index is -1.62. The summed E-state index contributed by atoms with van der Waals surface area (Å²) in [5.74, 6) is 0. The van der Waals surface area contributed by atoms with Crippen molar-refractivity contribution in [3.63, 3.8) is 0 Å². The normalized spacial score (nSPS) is 17.3. The van der Waals surface area contributed by atoms with Gasteiger partial charge in [0.25, 0.3) is 0 Å². The van der Waals surface area contributed by atoms with Crippen molar-refractivity contribution in [2.75, 3.05) is 0 Å². The summed E-state index contributed by atoms with van der Waals surface area (Å²) in [6.45, 7) is 0. The predicted molar refractivity (Wildman–Crippen MR) is 51.3 cm³/mol. The van der Waals surface area contributed by atoms with Crippen LogP contribution in [-0.4, -0.2) is 40.8 Å². The molecular weight excluding hydrogens is 363 g/mol. The van der Waals surface area contributed by atoms with Gasteiger partial charge in [0.15, 0.2) is 0 Å². The Morgan fingerprint density at radius 2 is 1.62 bits per heavy atom. The zero-order chi connectivity index (χ0) is 9.36. The molecule has 72 valence electrons. The summed E-state index contributed by atoms with van der Waals surface area (Å²) in [4.78, 5) is 0. The van der Waals surface area contributed by atoms with E-state index < -0.39 is 22.2 Å². The molecule has 0 spiro atoms. The van der Waals surface area contributed by atoms with E-state index in [1.165, 1.54) is 27.5 Å². The summed E-state index contributed by atoms with van der Waals surface area (Å²) in [5.41, 5.74) is 0. The molecule has 1 aliphatic heterocycles. The SMILES string of the molecule is [OH][Bi]1[CH2]CCC[CH2]1.c1cnnnc1. The molecule has 0 bridgehead atoms. The number of nitrogens with zero attached hydrogens (tertiary/aromatic N) is 3. The fraction of sp³-hybridized carbons (Fsp3) is 0.625. The molecule has 0 amide bonds. The fourth-order valence-electron chi connectivity index (χ4n) is 1.08. The summed E-state index contributed by atoms with van der Waals surface area (Å²) in [6, 6.07) is 1.72. The second-order valence-corrected chi connectivity index (χ2v) is 10.2. The minimum Gasteiger partial charge on any atom is -0.139 e. The third-order valence-corrected chi connectivity index (χ3v) is 8.21. The molecule has 1 N–H and O–H groups in total. The van der Waals surface area contributed by atoms with E-state index in [0.717, 1.165) is 0 Å². The van der Waals surface area contributed by atoms with Crippen LogP contribution in [0.25, 0.3) is 0 Å². The Balaban J connectivity index is 0.000000132. The molecule has 0 unspecified atom stereocenters. The van der Waals surface area contributed by atoms with Crippen LogP contribution < -0.4 is 0 Å². The van der Waals surface area contributed by atoms with Gasteiger partial charge < -0.3 is 0 Å². The van der Waals surface area contributed by atoms with Crippen LogP contribution in [0.15, 0.2) is 18.5 Å². The first kappa shape index (κ1) is 10.9. The van der Waals surface area contributed by atoms with E-state index in [1.807, 2.05) is 0 Å². The summed E-state index contributed by atoms with van der Waals surface area (Å²) in [7, 11) is 0. The second-order valence-electron chi connectivity index (χ2n) is 2.83. The van der Waals surface area contributed by atoms with Gasteiger partial charge in [0, 0.05) is 0 Å². The number of hydrogen-bond donors (Lipinski definition) is 1. The number of rotatable bonds is 0. The quantitative estimate of drug-likeness (QED) is 0.687. The Kier molecular flexibility index (Phi) is 6.12. The molecule has 1 aromatic rings. The largest absolute Gasteiger partial charge is 0.139 e. The fourth-order valence-corrected chi connectivity index (χ4v) is 6.53. The van der Waals surface area contributed by atoms with Crippen molar-refractivity contribution in [1.29, 1.82) is 0 Å². The van der Waals surface area contributed by atoms with Gasteiger partial charge >= 0.3 is 52.9 Å². The van der Waals surface area contributed by atoms with Gasteiger partial charge in [0.1, 0.15) is 0 Å². The van der Waals surface area contributed by atoms with Crippen LogP contribution in [0.1, 0.15) is 19.3 Å². The molecule has 13 heavy (non-hydrogen) atoms. The zero-order valence-corrected chi connectivity index (χ0v) is 11.0. The minimum absolute atomic E-state index is 1.25. The van der Waals surface area contributed by atoms with Crippen molar-refractivity contribution in [3.05, 3.63) is 18.5 Å². The van der Waals surface area contributed by atoms with Gasteiger partial charge in [-0.15, -0.1) is 10.2 Å². The van der Waals surface area contributed by atoms with Crippen LogP contribution in [0.2, 0.25) is 8.26 Å². The first-order chi connectivity index (χ1) is 6.39. The Labute approximate surface area is 86.7 Å². The van der Waals surface area contributed by atoms with Gasteiger partial charge in [-0.05, 0) is 11.3 Å². The van der Waals surface area contributed by atoms with Crippen molar-refractivity contribution in [2.24, 2.45) is 0 Å². The molecule has 0 aromatic carbocycles. The van der Waals surface area contributed by atoms with Gasteiger partial charge in [-0.2, -0.15) is 0 Å². The molecule has 1 aromatic heterocycles. The van der Waals surface area contributed by atoms with Crippen LogP contribution >= 0.6 is 0 Å². The summed E-state index contributed by atoms with van der Waals surface area (Å²) < 4.78 is 11.6. The molecule has 1 saturated heterocycles. The van der Waals surface area contributed by atoms with Gasteiger partial charge in [-0.3, -0.25) is 0 Å². The summed E-state index contributed by atoms with van der Waals surface area (Å²) in [6.07, 6.45) is 7.19. The number of aromatic nitrogens is 3. The van der Waals surface area contributed by atoms with E-state index in [2.05, 4.69) is 15.4 Å². The predicted octanol–water partition coefficient (Wildman–Crippen LogP) is 1.03. The standard InChI is InChI=1S/C5H10.C3H3N3.Bi.H2O/c1-3-5-4-2;1-2-4-6-5-3-1;;/h1-5H2;1-3H;;1H2/q;;+1;/p-1. The Bertz CT molecular complexity index is 177. The van der Waals surface area contributed by atoms with Gasteiger partial charge in [-0.25, -0.2) is 0 Å². The second kappa shape index (κ2) is 7.28. The molecule has 2 rings (SSSR count). The topological polar surface area (TPSA) is 58.9 Å². The van der Waals surface area contributed by atoms with Crippen molar-refractivity contribution in [1.82, 2.24) is 15.4 Å². The molecule has 5 heteroatoms. The molecule has 4 nitrogen and oxygen atoms in total. The van der Waals surface area contributed by atoms with Crippen LogP contribution in [0.5, 0.6) is 0 Å². The van der Waals surface area contributed by atoms with Gasteiger partial charge in [-0.1, -0.05) is 0 Å². The first-order valence-electron chi connectivity index (χ1n) is 4.42. The third kappa shape index (κ3) is 6.00. The maximum Gasteiger partial charge on any atom is 0.0529 e. The summed E-state index contributed by atoms with van der Waals surface area (Å²) in [5, 5.41) is 10.1. The Morgan fingerprint density at radius 3 is 1.85 bits per heavy atom. The molecule has 2 heterocycles. The van der Waals surface area contributed by atoms with Crippen molar-refractivity contribution in [2.45, 2.75) is 27.5 Å². The molecule has 1 aliphatic rings. The van der Waals surface area contributed by atoms with Gasteiger partial charge in [0.2, 0.25) is 0 Å². The van der Waals surface area contributed by atoms with E-state index >= 15 is 0 Å². The van der Waals surface area contributed by atoms with Crippen LogP contribution in [0.4, 0.5) is 0 Å². The van der Waals surface area contributed by atoms with Gasteiger partial charge in [0.05, 0.1) is 12.4 Å². The van der Waals surface area contributed by atoms with E-state index in [9.17, 15) is 0 Å². The molecule has 0 radical (unpaired) electrons. The van der Waals surface area contributed by atoms with E-state index in [-0.39, 0.29) is 0 Å². The monoisotopic (exact) mass is 377 g/mol. The van der Waals surface area contributed by atoms with E-state index in [1.54, 1.807) is 18.5 Å². The van der Waals surface area contributed by atoms with Crippen molar-refractivity contribution >= 4 is 22.2 Å². The first-order valence-corrected chi connectivity index (χ1v) is 10.9. The molecular formula is C8H14BiN3O. The Hall–Kier alpha value is -0.147. The van der Waals surface area contributed by atoms with Crippen LogP contribution in [0, 0.1) is 0 Å². The maximum absolute atomic E-state index is 9.11. The third-order valence-electron chi connectivity index (χ3n) is 1.74. The average Bonchev–Trinajstić information content (AvgIpc) is 2.22. The van der Waals surface area contributed by atoms with E-state index in [0.29, 0.717) is 0 Å². The Morgan fingerprint density at radius 1 is 1.00 bits per heavy atom. The van der Waals surface area contributed by atoms with E-state index in [4.69, 9.17) is 3.18 Å². The maximum atomic E-state index is 9.11. The number of hydrogen-bond acceptors (Lipinski definition) is 4. The van der Waals surface area contributed by atoms with Crippen LogP contribution in [-0.2, 0) is 0 Å². The molecule has 0 atom stereocenters. The smallest absolute Gasteiger partial charge is 0.0529 e. The van der Waals surface area contributed by atoms with Crippen molar-refractivity contribution in [3.8, 4) is 0 Å². The molecule has 0 saturated carbocycles. The summed E-state index contributed by atoms with van der Waals surface area (Å²) >= 11 is -1.62. The average molecular weight is 377 g/mol.